The highest BCUT2D eigenvalue weighted by atomic mass is 35.5. The molecule has 158 valence electrons. The SMILES string of the molecule is O=Cc1c2cccc1Oc1nc(Cl)nc(n1)Oc1cccc(c1)Oc1nc(Cl)nc(n1)O2. The fourth-order valence-corrected chi connectivity index (χ4v) is 2.93. The Bertz CT molecular complexity index is 1260. The van der Waals surface area contributed by atoms with Crippen LogP contribution in [0.1, 0.15) is 10.4 Å². The first-order valence-electron chi connectivity index (χ1n) is 8.78. The van der Waals surface area contributed by atoms with Gasteiger partial charge in [-0.15, -0.1) is 9.97 Å². The molecule has 0 fully saturated rings. The summed E-state index contributed by atoms with van der Waals surface area (Å²) >= 11 is 12.0. The van der Waals surface area contributed by atoms with Crippen LogP contribution in [-0.4, -0.2) is 36.2 Å². The third-order valence-corrected chi connectivity index (χ3v) is 4.24. The maximum Gasteiger partial charge on any atom is 0.329 e. The van der Waals surface area contributed by atoms with Gasteiger partial charge in [-0.3, -0.25) is 4.79 Å². The van der Waals surface area contributed by atoms with E-state index < -0.39 is 0 Å². The number of halogens is 2. The zero-order chi connectivity index (χ0) is 22.1. The molecular formula is C19H8Cl2N6O5. The summed E-state index contributed by atoms with van der Waals surface area (Å²) in [6.45, 7) is 0. The van der Waals surface area contributed by atoms with E-state index in [9.17, 15) is 4.79 Å². The van der Waals surface area contributed by atoms with Gasteiger partial charge in [0.05, 0.1) is 5.56 Å². The molecule has 0 saturated carbocycles. The Hall–Kier alpha value is -4.09. The fraction of sp³-hybridized carbons (Fsp3) is 0. The van der Waals surface area contributed by atoms with Gasteiger partial charge in [0.15, 0.2) is 6.29 Å². The summed E-state index contributed by atoms with van der Waals surface area (Å²) in [5, 5.41) is -0.360. The van der Waals surface area contributed by atoms with Gasteiger partial charge in [0, 0.05) is 6.07 Å². The maximum absolute atomic E-state index is 11.8. The zero-order valence-electron chi connectivity index (χ0n) is 15.6. The topological polar surface area (TPSA) is 131 Å². The molecule has 0 aliphatic carbocycles. The highest BCUT2D eigenvalue weighted by Crippen LogP contribution is 2.34. The van der Waals surface area contributed by atoms with E-state index in [0.29, 0.717) is 17.8 Å². The summed E-state index contributed by atoms with van der Waals surface area (Å²) in [5.74, 6) is 0.790. The van der Waals surface area contributed by atoms with E-state index in [2.05, 4.69) is 29.9 Å². The predicted molar refractivity (Wildman–Crippen MR) is 108 cm³/mol. The molecule has 4 aromatic rings. The molecule has 5 rings (SSSR count). The lowest BCUT2D eigenvalue weighted by molar-refractivity contribution is 0.111. The Morgan fingerprint density at radius 2 is 1.06 bits per heavy atom. The van der Waals surface area contributed by atoms with Crippen molar-refractivity contribution in [3.05, 3.63) is 58.6 Å². The van der Waals surface area contributed by atoms with Crippen molar-refractivity contribution in [2.45, 2.75) is 0 Å². The number of aldehydes is 1. The molecule has 0 amide bonds. The van der Waals surface area contributed by atoms with Gasteiger partial charge in [-0.05, 0) is 47.5 Å². The molecular weight excluding hydrogens is 463 g/mol. The van der Waals surface area contributed by atoms with Crippen LogP contribution < -0.4 is 18.9 Å². The van der Waals surface area contributed by atoms with Gasteiger partial charge in [-0.1, -0.05) is 12.1 Å². The summed E-state index contributed by atoms with van der Waals surface area (Å²) in [6.07, 6.45) is 0.527. The van der Waals surface area contributed by atoms with Gasteiger partial charge in [-0.25, -0.2) is 0 Å². The molecule has 0 saturated heterocycles. The van der Waals surface area contributed by atoms with Crippen LogP contribution in [0.5, 0.6) is 47.0 Å². The smallest absolute Gasteiger partial charge is 0.329 e. The van der Waals surface area contributed by atoms with Crippen molar-refractivity contribution in [3.63, 3.8) is 0 Å². The molecule has 1 aliphatic rings. The van der Waals surface area contributed by atoms with E-state index in [-0.39, 0.29) is 51.7 Å². The molecule has 2 aromatic carbocycles. The summed E-state index contributed by atoms with van der Waals surface area (Å²) in [7, 11) is 0. The molecule has 13 heteroatoms. The van der Waals surface area contributed by atoms with Crippen LogP contribution in [0.3, 0.4) is 0 Å². The molecule has 32 heavy (non-hydrogen) atoms. The number of aromatic nitrogens is 6. The first-order valence-corrected chi connectivity index (χ1v) is 9.54. The van der Waals surface area contributed by atoms with Crippen molar-refractivity contribution < 1.29 is 23.7 Å². The van der Waals surface area contributed by atoms with Gasteiger partial charge in [0.2, 0.25) is 10.6 Å². The number of hydrogen-bond acceptors (Lipinski definition) is 11. The monoisotopic (exact) mass is 470 g/mol. The molecule has 0 unspecified atom stereocenters. The van der Waals surface area contributed by atoms with Crippen LogP contribution in [0.2, 0.25) is 10.6 Å². The predicted octanol–water partition coefficient (Wildman–Crippen LogP) is 4.66. The molecule has 2 aromatic heterocycles. The number of benzene rings is 2. The van der Waals surface area contributed by atoms with E-state index in [1.54, 1.807) is 24.3 Å². The van der Waals surface area contributed by atoms with E-state index in [1.807, 2.05) is 0 Å². The summed E-state index contributed by atoms with van der Waals surface area (Å²) in [5.41, 5.74) is 0.0304. The molecule has 0 radical (unpaired) electrons. The van der Waals surface area contributed by atoms with E-state index in [1.165, 1.54) is 18.2 Å². The maximum atomic E-state index is 11.8. The number of carbonyl (C=O) groups excluding carboxylic acids is 1. The Morgan fingerprint density at radius 1 is 0.625 bits per heavy atom. The standard InChI is InChI=1S/C19H8Cl2N6O5/c20-14-22-16-26-18(24-14)31-12-5-2-6-13(11(12)8-28)32-19-25-15(21)23-17(27-19)30-10-4-1-3-9(7-10)29-16/h1-8H. The Kier molecular flexibility index (Phi) is 5.09. The van der Waals surface area contributed by atoms with Gasteiger partial charge < -0.3 is 18.9 Å². The van der Waals surface area contributed by atoms with Crippen molar-refractivity contribution >= 4 is 29.5 Å². The van der Waals surface area contributed by atoms with E-state index >= 15 is 0 Å². The number of fused-ring (bicyclic) bond motifs is 8. The van der Waals surface area contributed by atoms with Crippen LogP contribution in [0.4, 0.5) is 0 Å². The average molecular weight is 471 g/mol. The van der Waals surface area contributed by atoms with Crippen LogP contribution >= 0.6 is 23.2 Å². The second kappa shape index (κ2) is 8.21. The fourth-order valence-electron chi connectivity index (χ4n) is 2.64. The lowest BCUT2D eigenvalue weighted by Gasteiger charge is -2.13. The van der Waals surface area contributed by atoms with Gasteiger partial charge in [0.25, 0.3) is 0 Å². The molecule has 1 aliphatic heterocycles. The minimum absolute atomic E-state index is 0.0304. The normalized spacial score (nSPS) is 11.9. The van der Waals surface area contributed by atoms with Crippen molar-refractivity contribution in [1.29, 1.82) is 0 Å². The Labute approximate surface area is 189 Å². The third-order valence-electron chi connectivity index (χ3n) is 3.90. The van der Waals surface area contributed by atoms with Crippen molar-refractivity contribution in [1.82, 2.24) is 29.9 Å². The van der Waals surface area contributed by atoms with Crippen LogP contribution in [0.25, 0.3) is 0 Å². The zero-order valence-corrected chi connectivity index (χ0v) is 17.1. The van der Waals surface area contributed by atoms with Crippen LogP contribution in [0.15, 0.2) is 42.5 Å². The van der Waals surface area contributed by atoms with Crippen LogP contribution in [-0.2, 0) is 0 Å². The van der Waals surface area contributed by atoms with Crippen molar-refractivity contribution in [3.8, 4) is 47.0 Å². The molecule has 8 bridgehead atoms. The summed E-state index contributed by atoms with van der Waals surface area (Å²) < 4.78 is 22.6. The Morgan fingerprint density at radius 3 is 1.53 bits per heavy atom. The Balaban J connectivity index is 1.68. The lowest BCUT2D eigenvalue weighted by atomic mass is 10.2. The second-order valence-electron chi connectivity index (χ2n) is 6.01. The number of nitrogens with zero attached hydrogens (tertiary/aromatic N) is 6. The second-order valence-corrected chi connectivity index (χ2v) is 6.68. The molecule has 3 heterocycles. The molecule has 0 spiro atoms. The first kappa shape index (κ1) is 19.8. The number of carbonyl (C=O) groups is 1. The summed E-state index contributed by atoms with van der Waals surface area (Å²) in [4.78, 5) is 35.6. The minimum Gasteiger partial charge on any atom is -0.424 e. The minimum atomic E-state index is -0.203. The van der Waals surface area contributed by atoms with Gasteiger partial charge >= 0.3 is 24.0 Å². The summed E-state index contributed by atoms with van der Waals surface area (Å²) in [6, 6.07) is 10.4. The van der Waals surface area contributed by atoms with Crippen molar-refractivity contribution in [2.24, 2.45) is 0 Å². The van der Waals surface area contributed by atoms with E-state index in [0.717, 1.165) is 0 Å². The van der Waals surface area contributed by atoms with Gasteiger partial charge in [0.1, 0.15) is 23.0 Å². The number of hydrogen-bond donors (Lipinski definition) is 0. The largest absolute Gasteiger partial charge is 0.424 e. The quantitative estimate of drug-likeness (QED) is 0.316. The number of ether oxygens (including phenoxy) is 4. The van der Waals surface area contributed by atoms with Crippen LogP contribution in [0, 0.1) is 0 Å². The molecule has 0 atom stereocenters. The highest BCUT2D eigenvalue weighted by molar-refractivity contribution is 6.28. The lowest BCUT2D eigenvalue weighted by Crippen LogP contribution is -2.03. The average Bonchev–Trinajstić information content (AvgIpc) is 2.73. The molecule has 0 N–H and O–H groups in total. The van der Waals surface area contributed by atoms with Gasteiger partial charge in [-0.2, -0.15) is 19.9 Å². The van der Waals surface area contributed by atoms with E-state index in [4.69, 9.17) is 42.1 Å². The molecule has 11 nitrogen and oxygen atoms in total. The third kappa shape index (κ3) is 4.19. The number of rotatable bonds is 1. The first-order chi connectivity index (χ1) is 15.6. The highest BCUT2D eigenvalue weighted by Gasteiger charge is 2.18. The van der Waals surface area contributed by atoms with Crippen molar-refractivity contribution in [2.75, 3.05) is 0 Å².